The Hall–Kier alpha value is -0.380. The van der Waals surface area contributed by atoms with E-state index in [0.29, 0.717) is 0 Å². The molecule has 1 aromatic rings. The van der Waals surface area contributed by atoms with Crippen molar-refractivity contribution in [1.29, 1.82) is 0 Å². The summed E-state index contributed by atoms with van der Waals surface area (Å²) < 4.78 is 5.83. The fraction of sp³-hybridized carbons (Fsp3) is 0.636. The van der Waals surface area contributed by atoms with Gasteiger partial charge in [0.05, 0.1) is 6.10 Å². The average molecular weight is 211 g/mol. The maximum absolute atomic E-state index is 5.83. The summed E-state index contributed by atoms with van der Waals surface area (Å²) >= 11 is 1.93. The lowest BCUT2D eigenvalue weighted by Crippen LogP contribution is -2.19. The zero-order valence-corrected chi connectivity index (χ0v) is 9.62. The Balaban J connectivity index is 2.26. The molecule has 0 aliphatic carbocycles. The third kappa shape index (κ3) is 2.00. The summed E-state index contributed by atoms with van der Waals surface area (Å²) in [5.41, 5.74) is 1.42. The SMILES string of the molecule is CNC[C@H]1OCCCc2sc(C)cc21. The molecule has 0 fully saturated rings. The zero-order valence-electron chi connectivity index (χ0n) is 8.80. The molecule has 14 heavy (non-hydrogen) atoms. The molecule has 2 nitrogen and oxygen atoms in total. The van der Waals surface area contributed by atoms with Gasteiger partial charge in [-0.25, -0.2) is 0 Å². The first-order chi connectivity index (χ1) is 6.81. The molecule has 0 unspecified atom stereocenters. The minimum Gasteiger partial charge on any atom is -0.372 e. The molecule has 0 radical (unpaired) electrons. The van der Waals surface area contributed by atoms with Crippen LogP contribution in [0.25, 0.3) is 0 Å². The van der Waals surface area contributed by atoms with E-state index in [1.807, 2.05) is 18.4 Å². The van der Waals surface area contributed by atoms with Crippen LogP contribution in [0.15, 0.2) is 6.07 Å². The van der Waals surface area contributed by atoms with Gasteiger partial charge in [-0.3, -0.25) is 0 Å². The molecule has 0 amide bonds. The number of hydrogen-bond donors (Lipinski definition) is 1. The summed E-state index contributed by atoms with van der Waals surface area (Å²) in [6, 6.07) is 2.29. The van der Waals surface area contributed by atoms with Crippen LogP contribution in [0.2, 0.25) is 0 Å². The van der Waals surface area contributed by atoms with Gasteiger partial charge in [-0.15, -0.1) is 11.3 Å². The van der Waals surface area contributed by atoms with Crippen LogP contribution in [-0.4, -0.2) is 20.2 Å². The van der Waals surface area contributed by atoms with Gasteiger partial charge in [-0.05, 0) is 38.4 Å². The quantitative estimate of drug-likeness (QED) is 0.810. The smallest absolute Gasteiger partial charge is 0.0959 e. The fourth-order valence-electron chi connectivity index (χ4n) is 1.95. The van der Waals surface area contributed by atoms with Gasteiger partial charge in [0.25, 0.3) is 0 Å². The molecule has 0 bridgehead atoms. The van der Waals surface area contributed by atoms with Gasteiger partial charge in [0.2, 0.25) is 0 Å². The summed E-state index contributed by atoms with van der Waals surface area (Å²) in [6.45, 7) is 3.99. The molecule has 0 aromatic carbocycles. The van der Waals surface area contributed by atoms with E-state index in [2.05, 4.69) is 18.3 Å². The van der Waals surface area contributed by atoms with E-state index in [-0.39, 0.29) is 6.10 Å². The summed E-state index contributed by atoms with van der Waals surface area (Å²) in [7, 11) is 1.98. The number of thiophene rings is 1. The van der Waals surface area contributed by atoms with Crippen LogP contribution in [0.3, 0.4) is 0 Å². The second kappa shape index (κ2) is 4.43. The summed E-state index contributed by atoms with van der Waals surface area (Å²) in [5.74, 6) is 0. The number of likely N-dealkylation sites (N-methyl/N-ethyl adjacent to an activating group) is 1. The Morgan fingerprint density at radius 2 is 2.50 bits per heavy atom. The molecule has 1 aliphatic rings. The van der Waals surface area contributed by atoms with Crippen molar-refractivity contribution in [3.8, 4) is 0 Å². The molecule has 3 heteroatoms. The number of aryl methyl sites for hydroxylation is 2. The third-order valence-electron chi connectivity index (χ3n) is 2.57. The predicted molar refractivity (Wildman–Crippen MR) is 60.0 cm³/mol. The first kappa shape index (κ1) is 10.1. The Morgan fingerprint density at radius 3 is 3.29 bits per heavy atom. The van der Waals surface area contributed by atoms with Crippen molar-refractivity contribution in [3.63, 3.8) is 0 Å². The monoisotopic (exact) mass is 211 g/mol. The number of fused-ring (bicyclic) bond motifs is 1. The maximum Gasteiger partial charge on any atom is 0.0959 e. The molecule has 1 aromatic heterocycles. The highest BCUT2D eigenvalue weighted by Gasteiger charge is 2.20. The van der Waals surface area contributed by atoms with E-state index in [1.54, 1.807) is 0 Å². The molecule has 2 heterocycles. The first-order valence-electron chi connectivity index (χ1n) is 5.16. The van der Waals surface area contributed by atoms with E-state index in [1.165, 1.54) is 21.7 Å². The van der Waals surface area contributed by atoms with Crippen LogP contribution in [-0.2, 0) is 11.2 Å². The van der Waals surface area contributed by atoms with Gasteiger partial charge < -0.3 is 10.1 Å². The lowest BCUT2D eigenvalue weighted by atomic mass is 10.1. The van der Waals surface area contributed by atoms with Crippen LogP contribution in [0.1, 0.15) is 27.8 Å². The zero-order chi connectivity index (χ0) is 9.97. The summed E-state index contributed by atoms with van der Waals surface area (Å²) in [6.07, 6.45) is 2.61. The highest BCUT2D eigenvalue weighted by molar-refractivity contribution is 7.12. The van der Waals surface area contributed by atoms with E-state index >= 15 is 0 Å². The number of ether oxygens (including phenoxy) is 1. The molecule has 1 N–H and O–H groups in total. The van der Waals surface area contributed by atoms with Gasteiger partial charge in [-0.1, -0.05) is 0 Å². The van der Waals surface area contributed by atoms with Crippen LogP contribution in [0, 0.1) is 6.92 Å². The minimum absolute atomic E-state index is 0.266. The molecule has 0 spiro atoms. The van der Waals surface area contributed by atoms with Crippen molar-refractivity contribution in [3.05, 3.63) is 21.4 Å². The predicted octanol–water partition coefficient (Wildman–Crippen LogP) is 2.28. The number of rotatable bonds is 2. The second-order valence-corrected chi connectivity index (χ2v) is 5.10. The number of nitrogens with one attached hydrogen (secondary N) is 1. The van der Waals surface area contributed by atoms with E-state index < -0.39 is 0 Å². The Morgan fingerprint density at radius 1 is 1.64 bits per heavy atom. The second-order valence-electron chi connectivity index (χ2n) is 3.76. The molecular weight excluding hydrogens is 194 g/mol. The van der Waals surface area contributed by atoms with Gasteiger partial charge in [0.15, 0.2) is 0 Å². The standard InChI is InChI=1S/C11H17NOS/c1-8-6-9-10(7-12-2)13-5-3-4-11(9)14-8/h6,10,12H,3-5,7H2,1-2H3/t10-/m1/s1. The highest BCUT2D eigenvalue weighted by atomic mass is 32.1. The van der Waals surface area contributed by atoms with Crippen molar-refractivity contribution in [2.45, 2.75) is 25.9 Å². The van der Waals surface area contributed by atoms with Gasteiger partial charge in [0, 0.05) is 22.9 Å². The fourth-order valence-corrected chi connectivity index (χ4v) is 3.08. The van der Waals surface area contributed by atoms with Crippen LogP contribution in [0.5, 0.6) is 0 Å². The number of hydrogen-bond acceptors (Lipinski definition) is 3. The van der Waals surface area contributed by atoms with E-state index in [0.717, 1.165) is 19.6 Å². The highest BCUT2D eigenvalue weighted by Crippen LogP contribution is 2.32. The lowest BCUT2D eigenvalue weighted by molar-refractivity contribution is 0.0579. The largest absolute Gasteiger partial charge is 0.372 e. The molecule has 1 aliphatic heterocycles. The maximum atomic E-state index is 5.83. The summed E-state index contributed by atoms with van der Waals surface area (Å²) in [5, 5.41) is 3.19. The van der Waals surface area contributed by atoms with Crippen molar-refractivity contribution >= 4 is 11.3 Å². The van der Waals surface area contributed by atoms with E-state index in [4.69, 9.17) is 4.74 Å². The van der Waals surface area contributed by atoms with E-state index in [9.17, 15) is 0 Å². The van der Waals surface area contributed by atoms with Gasteiger partial charge in [-0.2, -0.15) is 0 Å². The average Bonchev–Trinajstić information content (AvgIpc) is 2.43. The Bertz CT molecular complexity index is 308. The summed E-state index contributed by atoms with van der Waals surface area (Å²) in [4.78, 5) is 2.93. The van der Waals surface area contributed by atoms with Crippen LogP contribution >= 0.6 is 11.3 Å². The third-order valence-corrected chi connectivity index (χ3v) is 3.69. The molecule has 78 valence electrons. The molecule has 1 atom stereocenters. The Kier molecular flexibility index (Phi) is 3.21. The first-order valence-corrected chi connectivity index (χ1v) is 5.98. The van der Waals surface area contributed by atoms with Gasteiger partial charge >= 0.3 is 0 Å². The minimum atomic E-state index is 0.266. The van der Waals surface area contributed by atoms with Crippen molar-refractivity contribution in [1.82, 2.24) is 5.32 Å². The van der Waals surface area contributed by atoms with Gasteiger partial charge in [0.1, 0.15) is 0 Å². The molecule has 0 saturated heterocycles. The molecule has 2 rings (SSSR count). The van der Waals surface area contributed by atoms with Crippen molar-refractivity contribution < 1.29 is 4.74 Å². The van der Waals surface area contributed by atoms with Crippen LogP contribution < -0.4 is 5.32 Å². The van der Waals surface area contributed by atoms with Crippen molar-refractivity contribution in [2.75, 3.05) is 20.2 Å². The molecular formula is C11H17NOS. The van der Waals surface area contributed by atoms with Crippen LogP contribution in [0.4, 0.5) is 0 Å². The topological polar surface area (TPSA) is 21.3 Å². The Labute approximate surface area is 89.3 Å². The molecule has 0 saturated carbocycles. The van der Waals surface area contributed by atoms with Crippen molar-refractivity contribution in [2.24, 2.45) is 0 Å². The lowest BCUT2D eigenvalue weighted by Gasteiger charge is -2.14. The normalized spacial score (nSPS) is 21.7.